The zero-order valence-corrected chi connectivity index (χ0v) is 10.4. The van der Waals surface area contributed by atoms with E-state index in [1.165, 1.54) is 16.9 Å². The Hall–Kier alpha value is -1.35. The van der Waals surface area contributed by atoms with Gasteiger partial charge in [-0.05, 0) is 25.5 Å². The number of fused-ring (bicyclic) bond motifs is 1. The lowest BCUT2D eigenvalue weighted by Gasteiger charge is -2.36. The molecule has 1 saturated heterocycles. The monoisotopic (exact) mass is 230 g/mol. The third-order valence-corrected chi connectivity index (χ3v) is 3.38. The van der Waals surface area contributed by atoms with Crippen LogP contribution in [0.4, 0.5) is 5.69 Å². The molecule has 3 heteroatoms. The number of nitrogens with zero attached hydrogens (tertiary/aromatic N) is 2. The smallest absolute Gasteiger partial charge is 0.0726 e. The molecule has 3 rings (SSSR count). The molecule has 0 N–H and O–H groups in total. The largest absolute Gasteiger partial charge is 0.372 e. The van der Waals surface area contributed by atoms with E-state index in [-0.39, 0.29) is 0 Å². The number of pyridine rings is 1. The van der Waals surface area contributed by atoms with Gasteiger partial charge in [-0.2, -0.15) is 0 Å². The highest BCUT2D eigenvalue weighted by molar-refractivity contribution is 5.63. The van der Waals surface area contributed by atoms with Crippen molar-refractivity contribution in [2.75, 3.05) is 18.0 Å². The van der Waals surface area contributed by atoms with Gasteiger partial charge in [0.2, 0.25) is 0 Å². The van der Waals surface area contributed by atoms with Crippen LogP contribution in [0.25, 0.3) is 6.08 Å². The predicted molar refractivity (Wildman–Crippen MR) is 69.2 cm³/mol. The van der Waals surface area contributed by atoms with Crippen LogP contribution in [0.1, 0.15) is 25.1 Å². The number of allylic oxidation sites excluding steroid dienone is 1. The van der Waals surface area contributed by atoms with Crippen LogP contribution < -0.4 is 4.90 Å². The summed E-state index contributed by atoms with van der Waals surface area (Å²) in [6.45, 7) is 6.16. The van der Waals surface area contributed by atoms with Crippen molar-refractivity contribution in [1.82, 2.24) is 4.98 Å². The van der Waals surface area contributed by atoms with Gasteiger partial charge in [-0.15, -0.1) is 0 Å². The van der Waals surface area contributed by atoms with E-state index in [0.717, 1.165) is 19.5 Å². The Bertz CT molecular complexity index is 446. The minimum Gasteiger partial charge on any atom is -0.372 e. The molecule has 2 heterocycles. The Morgan fingerprint density at radius 1 is 1.29 bits per heavy atom. The fourth-order valence-electron chi connectivity index (χ4n) is 2.67. The first-order valence-electron chi connectivity index (χ1n) is 6.28. The third-order valence-electron chi connectivity index (χ3n) is 3.38. The van der Waals surface area contributed by atoms with E-state index in [4.69, 9.17) is 4.74 Å². The fraction of sp³-hybridized carbons (Fsp3) is 0.500. The third kappa shape index (κ3) is 2.07. The number of aromatic nitrogens is 1. The van der Waals surface area contributed by atoms with Crippen LogP contribution in [0.3, 0.4) is 0 Å². The van der Waals surface area contributed by atoms with Crippen LogP contribution in [-0.4, -0.2) is 30.3 Å². The predicted octanol–water partition coefficient (Wildman–Crippen LogP) is 2.26. The second-order valence-electron chi connectivity index (χ2n) is 5.00. The van der Waals surface area contributed by atoms with E-state index in [2.05, 4.69) is 41.9 Å². The average Bonchev–Trinajstić information content (AvgIpc) is 2.74. The number of hydrogen-bond donors (Lipinski definition) is 0. The van der Waals surface area contributed by atoms with Crippen molar-refractivity contribution in [3.8, 4) is 0 Å². The first-order chi connectivity index (χ1) is 8.22. The summed E-state index contributed by atoms with van der Waals surface area (Å²) >= 11 is 0. The van der Waals surface area contributed by atoms with Crippen molar-refractivity contribution in [2.24, 2.45) is 0 Å². The highest BCUT2D eigenvalue weighted by Crippen LogP contribution is 2.25. The summed E-state index contributed by atoms with van der Waals surface area (Å²) < 4.78 is 5.75. The lowest BCUT2D eigenvalue weighted by molar-refractivity contribution is -0.00523. The number of hydrogen-bond acceptors (Lipinski definition) is 3. The summed E-state index contributed by atoms with van der Waals surface area (Å²) in [5.41, 5.74) is 3.69. The SMILES string of the molecule is C[C@@H]1CN(c2cnc3c(c2)C=CC3)C[C@@H](C)O1. The summed E-state index contributed by atoms with van der Waals surface area (Å²) in [7, 11) is 0. The van der Waals surface area contributed by atoms with E-state index >= 15 is 0 Å². The molecule has 0 unspecified atom stereocenters. The van der Waals surface area contributed by atoms with E-state index in [9.17, 15) is 0 Å². The summed E-state index contributed by atoms with van der Waals surface area (Å²) in [4.78, 5) is 6.91. The topological polar surface area (TPSA) is 25.4 Å². The molecule has 1 aromatic heterocycles. The second kappa shape index (κ2) is 4.15. The van der Waals surface area contributed by atoms with Gasteiger partial charge in [0, 0.05) is 19.5 Å². The molecule has 0 bridgehead atoms. The van der Waals surface area contributed by atoms with Crippen molar-refractivity contribution in [3.05, 3.63) is 29.6 Å². The first-order valence-corrected chi connectivity index (χ1v) is 6.28. The molecule has 2 atom stereocenters. The molecule has 0 spiro atoms. The van der Waals surface area contributed by atoms with E-state index in [1.807, 2.05) is 6.20 Å². The van der Waals surface area contributed by atoms with Gasteiger partial charge in [0.15, 0.2) is 0 Å². The Kier molecular flexibility index (Phi) is 2.63. The van der Waals surface area contributed by atoms with E-state index < -0.39 is 0 Å². The van der Waals surface area contributed by atoms with Gasteiger partial charge in [-0.1, -0.05) is 12.2 Å². The molecule has 0 radical (unpaired) electrons. The van der Waals surface area contributed by atoms with Crippen molar-refractivity contribution in [2.45, 2.75) is 32.5 Å². The van der Waals surface area contributed by atoms with Crippen LogP contribution in [0.15, 0.2) is 18.3 Å². The molecule has 0 aromatic carbocycles. The molecule has 1 fully saturated rings. The standard InChI is InChI=1S/C14H18N2O/c1-10-8-16(9-11(2)17-10)13-6-12-4-3-5-14(12)15-7-13/h3-4,6-7,10-11H,5,8-9H2,1-2H3/t10-,11-/m1/s1. The van der Waals surface area contributed by atoms with Crippen LogP contribution in [0.5, 0.6) is 0 Å². The Balaban J connectivity index is 1.86. The van der Waals surface area contributed by atoms with Crippen molar-refractivity contribution in [3.63, 3.8) is 0 Å². The van der Waals surface area contributed by atoms with Crippen LogP contribution in [-0.2, 0) is 11.2 Å². The average molecular weight is 230 g/mol. The lowest BCUT2D eigenvalue weighted by Crippen LogP contribution is -2.45. The van der Waals surface area contributed by atoms with E-state index in [0.29, 0.717) is 12.2 Å². The van der Waals surface area contributed by atoms with Crippen molar-refractivity contribution >= 4 is 11.8 Å². The van der Waals surface area contributed by atoms with Crippen molar-refractivity contribution < 1.29 is 4.74 Å². The highest BCUT2D eigenvalue weighted by atomic mass is 16.5. The molecular formula is C14H18N2O. The molecule has 2 aliphatic rings. The molecule has 0 amide bonds. The van der Waals surface area contributed by atoms with Crippen LogP contribution >= 0.6 is 0 Å². The van der Waals surface area contributed by atoms with Gasteiger partial charge in [0.1, 0.15) is 0 Å². The molecule has 90 valence electrons. The highest BCUT2D eigenvalue weighted by Gasteiger charge is 2.23. The number of ether oxygens (including phenoxy) is 1. The Labute approximate surface area is 102 Å². The molecule has 3 nitrogen and oxygen atoms in total. The first kappa shape index (κ1) is 10.8. The molecule has 1 aliphatic heterocycles. The lowest BCUT2D eigenvalue weighted by atomic mass is 10.1. The summed E-state index contributed by atoms with van der Waals surface area (Å²) in [6, 6.07) is 2.25. The zero-order valence-electron chi connectivity index (χ0n) is 10.4. The van der Waals surface area contributed by atoms with E-state index in [1.54, 1.807) is 0 Å². The summed E-state index contributed by atoms with van der Waals surface area (Å²) in [5.74, 6) is 0. The summed E-state index contributed by atoms with van der Waals surface area (Å²) in [5, 5.41) is 0. The maximum absolute atomic E-state index is 5.75. The maximum atomic E-state index is 5.75. The van der Waals surface area contributed by atoms with Gasteiger partial charge < -0.3 is 9.64 Å². The zero-order chi connectivity index (χ0) is 11.8. The summed E-state index contributed by atoms with van der Waals surface area (Å²) in [6.07, 6.45) is 7.90. The molecular weight excluding hydrogens is 212 g/mol. The van der Waals surface area contributed by atoms with Gasteiger partial charge in [-0.25, -0.2) is 0 Å². The minimum atomic E-state index is 0.294. The quantitative estimate of drug-likeness (QED) is 0.740. The maximum Gasteiger partial charge on any atom is 0.0726 e. The van der Waals surface area contributed by atoms with Gasteiger partial charge in [0.05, 0.1) is 29.8 Å². The number of rotatable bonds is 1. The van der Waals surface area contributed by atoms with Gasteiger partial charge >= 0.3 is 0 Å². The molecule has 1 aliphatic carbocycles. The van der Waals surface area contributed by atoms with Crippen molar-refractivity contribution in [1.29, 1.82) is 0 Å². The number of anilines is 1. The molecule has 0 saturated carbocycles. The number of morpholine rings is 1. The van der Waals surface area contributed by atoms with Gasteiger partial charge in [0.25, 0.3) is 0 Å². The Morgan fingerprint density at radius 3 is 2.82 bits per heavy atom. The van der Waals surface area contributed by atoms with Gasteiger partial charge in [-0.3, -0.25) is 4.98 Å². The normalized spacial score (nSPS) is 27.3. The van der Waals surface area contributed by atoms with Crippen LogP contribution in [0, 0.1) is 0 Å². The minimum absolute atomic E-state index is 0.294. The molecule has 1 aromatic rings. The second-order valence-corrected chi connectivity index (χ2v) is 5.00. The molecule has 17 heavy (non-hydrogen) atoms. The Morgan fingerprint density at radius 2 is 2.06 bits per heavy atom. The fourth-order valence-corrected chi connectivity index (χ4v) is 2.67. The van der Waals surface area contributed by atoms with Crippen LogP contribution in [0.2, 0.25) is 0 Å².